The zero-order valence-electron chi connectivity index (χ0n) is 10.3. The minimum Gasteiger partial charge on any atom is -0.388 e. The van der Waals surface area contributed by atoms with Crippen molar-refractivity contribution in [2.24, 2.45) is 5.73 Å². The Balaban J connectivity index is 2.24. The third-order valence-electron chi connectivity index (χ3n) is 2.68. The number of benzene rings is 2. The molecule has 0 aliphatic rings. The molecular formula is C15H15FN2S. The lowest BCUT2D eigenvalue weighted by Gasteiger charge is -2.16. The highest BCUT2D eigenvalue weighted by atomic mass is 32.2. The lowest BCUT2D eigenvalue weighted by Crippen LogP contribution is -2.13. The SMILES string of the molecule is N=C(N)CC(Sc1ccccc1F)c1ccccc1. The van der Waals surface area contributed by atoms with E-state index in [1.807, 2.05) is 30.3 Å². The van der Waals surface area contributed by atoms with Crippen LogP contribution in [0, 0.1) is 11.2 Å². The number of nitrogens with one attached hydrogen (secondary N) is 1. The molecule has 3 N–H and O–H groups in total. The zero-order chi connectivity index (χ0) is 13.7. The van der Waals surface area contributed by atoms with Crippen molar-refractivity contribution < 1.29 is 4.39 Å². The first-order valence-electron chi connectivity index (χ1n) is 5.96. The molecule has 0 fully saturated rings. The highest BCUT2D eigenvalue weighted by molar-refractivity contribution is 7.99. The second-order valence-electron chi connectivity index (χ2n) is 4.18. The summed E-state index contributed by atoms with van der Waals surface area (Å²) in [6.07, 6.45) is 0.406. The van der Waals surface area contributed by atoms with Crippen LogP contribution in [0.1, 0.15) is 17.2 Å². The van der Waals surface area contributed by atoms with Gasteiger partial charge in [0.15, 0.2) is 0 Å². The second-order valence-corrected chi connectivity index (χ2v) is 5.42. The highest BCUT2D eigenvalue weighted by Crippen LogP contribution is 2.38. The summed E-state index contributed by atoms with van der Waals surface area (Å²) in [5, 5.41) is 7.42. The van der Waals surface area contributed by atoms with Crippen LogP contribution in [0.2, 0.25) is 0 Å². The largest absolute Gasteiger partial charge is 0.388 e. The van der Waals surface area contributed by atoms with Crippen LogP contribution in [0.25, 0.3) is 0 Å². The van der Waals surface area contributed by atoms with Gasteiger partial charge in [-0.1, -0.05) is 42.5 Å². The van der Waals surface area contributed by atoms with Crippen LogP contribution in [0.3, 0.4) is 0 Å². The van der Waals surface area contributed by atoms with Crippen LogP contribution in [-0.4, -0.2) is 5.84 Å². The highest BCUT2D eigenvalue weighted by Gasteiger charge is 2.16. The minimum atomic E-state index is -0.239. The van der Waals surface area contributed by atoms with Gasteiger partial charge in [0.25, 0.3) is 0 Å². The Labute approximate surface area is 116 Å². The van der Waals surface area contributed by atoms with Crippen LogP contribution in [0.4, 0.5) is 4.39 Å². The van der Waals surface area contributed by atoms with Crippen molar-refractivity contribution >= 4 is 17.6 Å². The molecule has 19 heavy (non-hydrogen) atoms. The molecule has 2 aromatic carbocycles. The fourth-order valence-corrected chi connectivity index (χ4v) is 2.99. The standard InChI is InChI=1S/C15H15FN2S/c16-12-8-4-5-9-13(12)19-14(10-15(17)18)11-6-2-1-3-7-11/h1-9,14H,10H2,(H3,17,18). The molecule has 0 radical (unpaired) electrons. The Morgan fingerprint density at radius 2 is 1.74 bits per heavy atom. The Morgan fingerprint density at radius 1 is 1.11 bits per heavy atom. The van der Waals surface area contributed by atoms with Gasteiger partial charge in [-0.2, -0.15) is 0 Å². The average molecular weight is 274 g/mol. The smallest absolute Gasteiger partial charge is 0.136 e. The zero-order valence-corrected chi connectivity index (χ0v) is 11.2. The van der Waals surface area contributed by atoms with Gasteiger partial charge in [0.1, 0.15) is 5.82 Å². The molecule has 0 aromatic heterocycles. The summed E-state index contributed by atoms with van der Waals surface area (Å²) in [6.45, 7) is 0. The molecule has 4 heteroatoms. The van der Waals surface area contributed by atoms with E-state index < -0.39 is 0 Å². The maximum Gasteiger partial charge on any atom is 0.136 e. The van der Waals surface area contributed by atoms with Gasteiger partial charge in [-0.05, 0) is 17.7 Å². The molecule has 0 saturated heterocycles. The number of nitrogens with two attached hydrogens (primary N) is 1. The molecule has 0 saturated carbocycles. The molecule has 2 rings (SSSR count). The molecule has 2 nitrogen and oxygen atoms in total. The maximum atomic E-state index is 13.7. The van der Waals surface area contributed by atoms with E-state index in [4.69, 9.17) is 11.1 Å². The topological polar surface area (TPSA) is 49.9 Å². The molecule has 0 aliphatic heterocycles. The lowest BCUT2D eigenvalue weighted by atomic mass is 10.1. The Bertz CT molecular complexity index is 557. The van der Waals surface area contributed by atoms with Gasteiger partial charge in [0.05, 0.1) is 5.84 Å². The van der Waals surface area contributed by atoms with E-state index in [-0.39, 0.29) is 16.9 Å². The maximum absolute atomic E-state index is 13.7. The first-order chi connectivity index (χ1) is 9.16. The fraction of sp³-hybridized carbons (Fsp3) is 0.133. The normalized spacial score (nSPS) is 12.1. The summed E-state index contributed by atoms with van der Waals surface area (Å²) in [5.74, 6) is -0.130. The fourth-order valence-electron chi connectivity index (χ4n) is 1.79. The second kappa shape index (κ2) is 6.38. The van der Waals surface area contributed by atoms with E-state index in [1.165, 1.54) is 17.8 Å². The molecule has 0 spiro atoms. The first kappa shape index (κ1) is 13.6. The molecule has 2 aromatic rings. The van der Waals surface area contributed by atoms with E-state index in [0.29, 0.717) is 11.3 Å². The summed E-state index contributed by atoms with van der Waals surface area (Å²) in [6, 6.07) is 16.4. The number of thioether (sulfide) groups is 1. The third kappa shape index (κ3) is 3.83. The van der Waals surface area contributed by atoms with Gasteiger partial charge < -0.3 is 5.73 Å². The lowest BCUT2D eigenvalue weighted by molar-refractivity contribution is 0.601. The van der Waals surface area contributed by atoms with Gasteiger partial charge in [0, 0.05) is 16.6 Å². The van der Waals surface area contributed by atoms with Crippen molar-refractivity contribution in [1.82, 2.24) is 0 Å². The van der Waals surface area contributed by atoms with Crippen molar-refractivity contribution in [3.05, 3.63) is 66.0 Å². The monoisotopic (exact) mass is 274 g/mol. The Kier molecular flexibility index (Phi) is 4.58. The predicted molar refractivity (Wildman–Crippen MR) is 78.0 cm³/mol. The van der Waals surface area contributed by atoms with Gasteiger partial charge in [0.2, 0.25) is 0 Å². The summed E-state index contributed by atoms with van der Waals surface area (Å²) < 4.78 is 13.7. The summed E-state index contributed by atoms with van der Waals surface area (Å²) in [7, 11) is 0. The van der Waals surface area contributed by atoms with E-state index in [9.17, 15) is 4.39 Å². The predicted octanol–water partition coefficient (Wildman–Crippen LogP) is 3.99. The molecule has 98 valence electrons. The van der Waals surface area contributed by atoms with Crippen LogP contribution in [0.5, 0.6) is 0 Å². The van der Waals surface area contributed by atoms with Gasteiger partial charge in [-0.3, -0.25) is 5.41 Å². The van der Waals surface area contributed by atoms with Crippen molar-refractivity contribution in [2.75, 3.05) is 0 Å². The first-order valence-corrected chi connectivity index (χ1v) is 6.84. The molecule has 1 atom stereocenters. The van der Waals surface area contributed by atoms with Crippen molar-refractivity contribution in [3.63, 3.8) is 0 Å². The molecule has 1 unspecified atom stereocenters. The van der Waals surface area contributed by atoms with Crippen LogP contribution >= 0.6 is 11.8 Å². The Hall–Kier alpha value is -1.81. The van der Waals surface area contributed by atoms with E-state index in [0.717, 1.165) is 5.56 Å². The van der Waals surface area contributed by atoms with Crippen molar-refractivity contribution in [1.29, 1.82) is 5.41 Å². The average Bonchev–Trinajstić information content (AvgIpc) is 2.41. The van der Waals surface area contributed by atoms with Gasteiger partial charge in [-0.25, -0.2) is 4.39 Å². The van der Waals surface area contributed by atoms with E-state index >= 15 is 0 Å². The molecule has 0 aliphatic carbocycles. The van der Waals surface area contributed by atoms with Crippen LogP contribution in [-0.2, 0) is 0 Å². The van der Waals surface area contributed by atoms with Gasteiger partial charge >= 0.3 is 0 Å². The molecule has 0 amide bonds. The number of hydrogen-bond donors (Lipinski definition) is 2. The number of rotatable bonds is 5. The molecular weight excluding hydrogens is 259 g/mol. The van der Waals surface area contributed by atoms with E-state index in [1.54, 1.807) is 18.2 Å². The van der Waals surface area contributed by atoms with Crippen molar-refractivity contribution in [3.8, 4) is 0 Å². The molecule has 0 bridgehead atoms. The van der Waals surface area contributed by atoms with Crippen LogP contribution < -0.4 is 5.73 Å². The van der Waals surface area contributed by atoms with Crippen molar-refractivity contribution in [2.45, 2.75) is 16.6 Å². The molecule has 0 heterocycles. The minimum absolute atomic E-state index is 0.0457. The quantitative estimate of drug-likeness (QED) is 0.492. The number of halogens is 1. The van der Waals surface area contributed by atoms with E-state index in [2.05, 4.69) is 0 Å². The summed E-state index contributed by atoms with van der Waals surface area (Å²) in [4.78, 5) is 0.581. The third-order valence-corrected chi connectivity index (χ3v) is 3.99. The van der Waals surface area contributed by atoms with Crippen LogP contribution in [0.15, 0.2) is 59.5 Å². The van der Waals surface area contributed by atoms with Gasteiger partial charge in [-0.15, -0.1) is 11.8 Å². The number of amidine groups is 1. The summed E-state index contributed by atoms with van der Waals surface area (Å²) in [5.41, 5.74) is 6.55. The Morgan fingerprint density at radius 3 is 2.37 bits per heavy atom. The number of hydrogen-bond acceptors (Lipinski definition) is 2. The summed E-state index contributed by atoms with van der Waals surface area (Å²) >= 11 is 1.40.